The molecule has 1 N–H and O–H groups in total. The van der Waals surface area contributed by atoms with Crippen molar-refractivity contribution >= 4 is 28.7 Å². The van der Waals surface area contributed by atoms with Crippen molar-refractivity contribution in [2.24, 2.45) is 5.10 Å². The van der Waals surface area contributed by atoms with Crippen molar-refractivity contribution in [1.29, 1.82) is 0 Å². The lowest BCUT2D eigenvalue weighted by Gasteiger charge is -2.11. The van der Waals surface area contributed by atoms with Crippen molar-refractivity contribution in [3.8, 4) is 28.5 Å². The van der Waals surface area contributed by atoms with E-state index in [-0.39, 0.29) is 18.0 Å². The quantitative estimate of drug-likeness (QED) is 0.102. The summed E-state index contributed by atoms with van der Waals surface area (Å²) in [5.41, 5.74) is 5.85. The number of ether oxygens (including phenoxy) is 3. The predicted octanol–water partition coefficient (Wildman–Crippen LogP) is 6.70. The van der Waals surface area contributed by atoms with E-state index in [1.807, 2.05) is 55.5 Å². The summed E-state index contributed by atoms with van der Waals surface area (Å²) in [6.07, 6.45) is 1.45. The van der Waals surface area contributed by atoms with Crippen molar-refractivity contribution in [3.63, 3.8) is 0 Å². The third kappa shape index (κ3) is 6.79. The zero-order valence-electron chi connectivity index (χ0n) is 23.8. The Morgan fingerprint density at radius 1 is 1.00 bits per heavy atom. The lowest BCUT2D eigenvalue weighted by Crippen LogP contribution is -2.18. The van der Waals surface area contributed by atoms with Crippen LogP contribution in [0.15, 0.2) is 96.1 Å². The fraction of sp³-hybridized carbons (Fsp3) is 0.121. The maximum absolute atomic E-state index is 13.7. The number of nitro benzene ring substituents is 1. The number of hydrazone groups is 1. The number of amides is 1. The number of aromatic nitrogens is 1. The lowest BCUT2D eigenvalue weighted by molar-refractivity contribution is -0.386. The first-order chi connectivity index (χ1) is 21.4. The van der Waals surface area contributed by atoms with Crippen LogP contribution in [0.5, 0.6) is 17.2 Å². The maximum Gasteiger partial charge on any atom is 0.311 e. The van der Waals surface area contributed by atoms with Gasteiger partial charge >= 0.3 is 5.69 Å². The summed E-state index contributed by atoms with van der Waals surface area (Å²) < 4.78 is 30.2. The number of rotatable bonds is 11. The average Bonchev–Trinajstić information content (AvgIpc) is 3.03. The summed E-state index contributed by atoms with van der Waals surface area (Å²) in [6, 6.07) is 24.6. The van der Waals surface area contributed by atoms with Crippen molar-refractivity contribution in [1.82, 2.24) is 10.4 Å². The molecule has 222 valence electrons. The van der Waals surface area contributed by atoms with Gasteiger partial charge < -0.3 is 14.2 Å². The van der Waals surface area contributed by atoms with Crippen molar-refractivity contribution in [2.75, 3.05) is 13.7 Å². The van der Waals surface area contributed by atoms with E-state index in [9.17, 15) is 19.3 Å². The van der Waals surface area contributed by atoms with Crippen LogP contribution >= 0.6 is 0 Å². The zero-order valence-corrected chi connectivity index (χ0v) is 23.8. The summed E-state index contributed by atoms with van der Waals surface area (Å²) in [6.45, 7) is 2.34. The highest BCUT2D eigenvalue weighted by molar-refractivity contribution is 6.07. The first-order valence-corrected chi connectivity index (χ1v) is 13.6. The standard InChI is InChI=1S/C33H27FN4O6/c1-3-43-25-12-9-22(10-13-25)29-18-27(26-6-4-5-7-28(26)36-29)33(39)37-35-19-21-8-15-31(42-2)23(16-21)20-44-32-17-24(34)11-14-30(32)38(40)41/h4-19H,3,20H2,1-2H3,(H,37,39)/b35-19-. The van der Waals surface area contributed by atoms with E-state index in [0.29, 0.717) is 45.6 Å². The smallest absolute Gasteiger partial charge is 0.311 e. The van der Waals surface area contributed by atoms with Crippen molar-refractivity contribution < 1.29 is 28.3 Å². The van der Waals surface area contributed by atoms with E-state index < -0.39 is 16.6 Å². The Balaban J connectivity index is 1.35. The number of benzene rings is 4. The normalized spacial score (nSPS) is 11.0. The number of carbonyl (C=O) groups excluding carboxylic acids is 1. The molecule has 11 heteroatoms. The van der Waals surface area contributed by atoms with Crippen LogP contribution in [-0.4, -0.2) is 35.7 Å². The molecule has 0 saturated carbocycles. The van der Waals surface area contributed by atoms with Gasteiger partial charge in [0, 0.05) is 28.6 Å². The molecule has 5 rings (SSSR count). The number of para-hydroxylation sites is 1. The van der Waals surface area contributed by atoms with Crippen LogP contribution in [0.25, 0.3) is 22.2 Å². The highest BCUT2D eigenvalue weighted by Gasteiger charge is 2.17. The Morgan fingerprint density at radius 3 is 2.55 bits per heavy atom. The molecule has 0 bridgehead atoms. The second-order valence-electron chi connectivity index (χ2n) is 9.46. The monoisotopic (exact) mass is 594 g/mol. The molecular formula is C33H27FN4O6. The third-order valence-corrected chi connectivity index (χ3v) is 6.61. The Bertz CT molecular complexity index is 1860. The summed E-state index contributed by atoms with van der Waals surface area (Å²) in [5, 5.41) is 16.1. The number of halogens is 1. The van der Waals surface area contributed by atoms with E-state index in [1.165, 1.54) is 13.3 Å². The van der Waals surface area contributed by atoms with E-state index in [4.69, 9.17) is 19.2 Å². The lowest BCUT2D eigenvalue weighted by atomic mass is 10.0. The van der Waals surface area contributed by atoms with Crippen LogP contribution in [0.3, 0.4) is 0 Å². The van der Waals surface area contributed by atoms with Gasteiger partial charge in [-0.05, 0) is 73.2 Å². The number of hydrogen-bond acceptors (Lipinski definition) is 8. The fourth-order valence-electron chi connectivity index (χ4n) is 4.53. The average molecular weight is 595 g/mol. The van der Waals surface area contributed by atoms with Crippen LogP contribution in [0.2, 0.25) is 0 Å². The molecule has 5 aromatic rings. The molecule has 4 aromatic carbocycles. The number of nitrogens with one attached hydrogen (secondary N) is 1. The Morgan fingerprint density at radius 2 is 1.80 bits per heavy atom. The molecular weight excluding hydrogens is 567 g/mol. The molecule has 0 aliphatic carbocycles. The minimum Gasteiger partial charge on any atom is -0.496 e. The van der Waals surface area contributed by atoms with Crippen molar-refractivity contribution in [3.05, 3.63) is 124 Å². The first kappa shape index (κ1) is 29.6. The van der Waals surface area contributed by atoms with Crippen LogP contribution in [0, 0.1) is 15.9 Å². The van der Waals surface area contributed by atoms with E-state index in [0.717, 1.165) is 29.5 Å². The van der Waals surface area contributed by atoms with Gasteiger partial charge in [-0.3, -0.25) is 14.9 Å². The number of nitro groups is 1. The molecule has 0 aliphatic rings. The van der Waals surface area contributed by atoms with Gasteiger partial charge in [-0.1, -0.05) is 18.2 Å². The Labute approximate surface area is 251 Å². The summed E-state index contributed by atoms with van der Waals surface area (Å²) in [7, 11) is 1.47. The van der Waals surface area contributed by atoms with Crippen LogP contribution < -0.4 is 19.6 Å². The summed E-state index contributed by atoms with van der Waals surface area (Å²) in [5.74, 6) is -0.106. The summed E-state index contributed by atoms with van der Waals surface area (Å²) in [4.78, 5) is 28.7. The molecule has 0 atom stereocenters. The molecule has 1 aromatic heterocycles. The number of pyridine rings is 1. The zero-order chi connectivity index (χ0) is 31.1. The largest absolute Gasteiger partial charge is 0.496 e. The number of hydrogen-bond donors (Lipinski definition) is 1. The highest BCUT2D eigenvalue weighted by atomic mass is 19.1. The molecule has 10 nitrogen and oxygen atoms in total. The van der Waals surface area contributed by atoms with Crippen LogP contribution in [-0.2, 0) is 6.61 Å². The van der Waals surface area contributed by atoms with E-state index in [2.05, 4.69) is 10.5 Å². The van der Waals surface area contributed by atoms with E-state index in [1.54, 1.807) is 24.3 Å². The Hall–Kier alpha value is -5.84. The topological polar surface area (TPSA) is 125 Å². The van der Waals surface area contributed by atoms with Gasteiger partial charge in [-0.15, -0.1) is 0 Å². The second-order valence-corrected chi connectivity index (χ2v) is 9.46. The maximum atomic E-state index is 13.7. The molecule has 1 heterocycles. The number of carbonyl (C=O) groups is 1. The number of methoxy groups -OCH3 is 1. The van der Waals surface area contributed by atoms with Gasteiger partial charge in [0.25, 0.3) is 5.91 Å². The molecule has 1 amide bonds. The van der Waals surface area contributed by atoms with Gasteiger partial charge in [0.1, 0.15) is 23.9 Å². The SMILES string of the molecule is CCOc1ccc(-c2cc(C(=O)N/N=C\c3ccc(OC)c(COc4cc(F)ccc4[N+](=O)[O-])c3)c3ccccc3n2)cc1. The third-order valence-electron chi connectivity index (χ3n) is 6.61. The van der Waals surface area contributed by atoms with Gasteiger partial charge in [0.05, 0.1) is 41.6 Å². The second kappa shape index (κ2) is 13.4. The highest BCUT2D eigenvalue weighted by Crippen LogP contribution is 2.30. The number of nitrogens with zero attached hydrogens (tertiary/aromatic N) is 3. The molecule has 44 heavy (non-hydrogen) atoms. The molecule has 0 aliphatic heterocycles. The predicted molar refractivity (Wildman–Crippen MR) is 164 cm³/mol. The Kier molecular flexibility index (Phi) is 9.05. The molecule has 0 unspecified atom stereocenters. The van der Waals surface area contributed by atoms with Gasteiger partial charge in [0.2, 0.25) is 0 Å². The molecule has 0 spiro atoms. The van der Waals surface area contributed by atoms with Crippen molar-refractivity contribution in [2.45, 2.75) is 13.5 Å². The fourth-order valence-corrected chi connectivity index (χ4v) is 4.53. The summed E-state index contributed by atoms with van der Waals surface area (Å²) >= 11 is 0. The number of fused-ring (bicyclic) bond motifs is 1. The first-order valence-electron chi connectivity index (χ1n) is 13.6. The van der Waals surface area contributed by atoms with Gasteiger partial charge in [0.15, 0.2) is 5.75 Å². The minimum absolute atomic E-state index is 0.140. The van der Waals surface area contributed by atoms with Gasteiger partial charge in [-0.25, -0.2) is 14.8 Å². The minimum atomic E-state index is -0.664. The van der Waals surface area contributed by atoms with Crippen LogP contribution in [0.1, 0.15) is 28.4 Å². The molecule has 0 radical (unpaired) electrons. The van der Waals surface area contributed by atoms with Crippen LogP contribution in [0.4, 0.5) is 10.1 Å². The van der Waals surface area contributed by atoms with E-state index >= 15 is 0 Å². The molecule has 0 fully saturated rings. The van der Waals surface area contributed by atoms with Gasteiger partial charge in [-0.2, -0.15) is 5.10 Å². The molecule has 0 saturated heterocycles.